The fourth-order valence-electron chi connectivity index (χ4n) is 9.11. The molecule has 0 aromatic heterocycles. The highest BCUT2D eigenvalue weighted by molar-refractivity contribution is 6.11. The van der Waals surface area contributed by atoms with E-state index in [1.54, 1.807) is 0 Å². The Bertz CT molecular complexity index is 1070. The first-order valence-corrected chi connectivity index (χ1v) is 13.8. The fourth-order valence-corrected chi connectivity index (χ4v) is 9.11. The summed E-state index contributed by atoms with van der Waals surface area (Å²) in [5, 5.41) is 31.5. The van der Waals surface area contributed by atoms with E-state index in [1.807, 2.05) is 34.6 Å². The molecule has 7 nitrogen and oxygen atoms in total. The van der Waals surface area contributed by atoms with E-state index in [2.05, 4.69) is 6.92 Å². The van der Waals surface area contributed by atoms with Crippen LogP contribution < -0.4 is 0 Å². The van der Waals surface area contributed by atoms with E-state index in [0.717, 1.165) is 0 Å². The van der Waals surface area contributed by atoms with Gasteiger partial charge in [0.15, 0.2) is 11.6 Å². The average molecular weight is 517 g/mol. The Morgan fingerprint density at radius 2 is 1.57 bits per heavy atom. The SMILES string of the molecule is C[C@H](CC(=O)C[C@H](C)C(=O)O)[C@H]1C[C@@H](O)[C@@]2(C)C3=C(C(=O)C[C@]12C)[C@@]1(C)CCC(O)C(C)(C)[C@@H]1CC3=O. The molecule has 206 valence electrons. The van der Waals surface area contributed by atoms with Gasteiger partial charge in [0, 0.05) is 47.7 Å². The molecule has 4 rings (SSSR count). The Hall–Kier alpha value is -1.86. The summed E-state index contributed by atoms with van der Waals surface area (Å²) in [7, 11) is 0. The number of carboxylic acid groups (broad SMARTS) is 1. The van der Waals surface area contributed by atoms with E-state index in [1.165, 1.54) is 6.92 Å². The lowest BCUT2D eigenvalue weighted by Crippen LogP contribution is -2.60. The van der Waals surface area contributed by atoms with Crippen LogP contribution in [-0.2, 0) is 19.2 Å². The molecule has 0 bridgehead atoms. The van der Waals surface area contributed by atoms with Crippen molar-refractivity contribution in [1.82, 2.24) is 0 Å². The maximum absolute atomic E-state index is 14.0. The smallest absolute Gasteiger partial charge is 0.306 e. The highest BCUT2D eigenvalue weighted by Gasteiger charge is 2.70. The first kappa shape index (κ1) is 28.2. The minimum Gasteiger partial charge on any atom is -0.481 e. The normalized spacial score (nSPS) is 42.5. The number of fused-ring (bicyclic) bond motifs is 4. The summed E-state index contributed by atoms with van der Waals surface area (Å²) in [4.78, 5) is 51.9. The van der Waals surface area contributed by atoms with Crippen molar-refractivity contribution in [2.75, 3.05) is 0 Å². The van der Waals surface area contributed by atoms with Gasteiger partial charge in [-0.05, 0) is 47.8 Å². The quantitative estimate of drug-likeness (QED) is 0.484. The molecule has 0 heterocycles. The number of carbonyl (C=O) groups excluding carboxylic acids is 3. The second-order valence-corrected chi connectivity index (χ2v) is 14.0. The molecule has 37 heavy (non-hydrogen) atoms. The van der Waals surface area contributed by atoms with Gasteiger partial charge in [0.25, 0.3) is 0 Å². The lowest BCUT2D eigenvalue weighted by molar-refractivity contribution is -0.144. The molecule has 2 saturated carbocycles. The molecular formula is C30H44O7. The Morgan fingerprint density at radius 3 is 2.16 bits per heavy atom. The standard InChI is InChI=1S/C30H44O7/c1-15(10-17(31)11-16(2)26(36)37)18-12-23(35)30(7)25-19(32)13-21-27(3,4)22(34)8-9-28(21,5)24(25)20(33)14-29(18,30)6/h15-16,18,21-23,34-35H,8-14H2,1-7H3,(H,36,37)/t15-,16+,18-,21+,22?,23-,28+,29-,30+/m1/s1. The third kappa shape index (κ3) is 3.82. The predicted molar refractivity (Wildman–Crippen MR) is 137 cm³/mol. The van der Waals surface area contributed by atoms with Gasteiger partial charge in [0.2, 0.25) is 0 Å². The van der Waals surface area contributed by atoms with Crippen molar-refractivity contribution in [2.45, 2.75) is 106 Å². The topological polar surface area (TPSA) is 129 Å². The molecule has 2 fully saturated rings. The third-order valence-corrected chi connectivity index (χ3v) is 11.6. The number of aliphatic carboxylic acids is 1. The van der Waals surface area contributed by atoms with Gasteiger partial charge < -0.3 is 15.3 Å². The van der Waals surface area contributed by atoms with E-state index in [0.29, 0.717) is 30.4 Å². The minimum atomic E-state index is -1.00. The number of rotatable bonds is 6. The summed E-state index contributed by atoms with van der Waals surface area (Å²) in [5.74, 6) is -2.54. The zero-order chi connectivity index (χ0) is 27.9. The van der Waals surface area contributed by atoms with Crippen LogP contribution in [0.5, 0.6) is 0 Å². The second kappa shape index (κ2) is 8.84. The first-order valence-electron chi connectivity index (χ1n) is 13.8. The van der Waals surface area contributed by atoms with Gasteiger partial charge in [0.05, 0.1) is 18.1 Å². The number of allylic oxidation sites excluding steroid dienone is 1. The molecule has 7 heteroatoms. The van der Waals surface area contributed by atoms with E-state index in [4.69, 9.17) is 0 Å². The highest BCUT2D eigenvalue weighted by Crippen LogP contribution is 2.71. The van der Waals surface area contributed by atoms with Gasteiger partial charge in [-0.15, -0.1) is 0 Å². The summed E-state index contributed by atoms with van der Waals surface area (Å²) in [6, 6.07) is 0. The van der Waals surface area contributed by atoms with Gasteiger partial charge in [-0.1, -0.05) is 48.5 Å². The van der Waals surface area contributed by atoms with E-state index < -0.39 is 45.8 Å². The molecule has 3 N–H and O–H groups in total. The molecule has 0 radical (unpaired) electrons. The molecule has 4 aliphatic carbocycles. The van der Waals surface area contributed by atoms with E-state index >= 15 is 0 Å². The molecule has 0 aliphatic heterocycles. The van der Waals surface area contributed by atoms with Crippen molar-refractivity contribution in [2.24, 2.45) is 45.3 Å². The van der Waals surface area contributed by atoms with E-state index in [-0.39, 0.29) is 60.8 Å². The van der Waals surface area contributed by atoms with Gasteiger partial charge in [0.1, 0.15) is 5.78 Å². The number of aliphatic hydroxyl groups excluding tert-OH is 2. The van der Waals surface area contributed by atoms with Crippen molar-refractivity contribution >= 4 is 23.3 Å². The first-order chi connectivity index (χ1) is 16.9. The van der Waals surface area contributed by atoms with Gasteiger partial charge in [-0.3, -0.25) is 19.2 Å². The lowest BCUT2D eigenvalue weighted by Gasteiger charge is -2.60. The highest BCUT2D eigenvalue weighted by atomic mass is 16.4. The van der Waals surface area contributed by atoms with Crippen LogP contribution in [0.2, 0.25) is 0 Å². The number of Topliss-reactive ketones (excluding diaryl/α,β-unsaturated/α-hetero) is 3. The summed E-state index contributed by atoms with van der Waals surface area (Å²) in [6.45, 7) is 13.4. The van der Waals surface area contributed by atoms with Gasteiger partial charge in [-0.2, -0.15) is 0 Å². The molecule has 9 atom stereocenters. The summed E-state index contributed by atoms with van der Waals surface area (Å²) >= 11 is 0. The molecule has 0 spiro atoms. The molecule has 0 saturated heterocycles. The van der Waals surface area contributed by atoms with Crippen molar-refractivity contribution < 1.29 is 34.5 Å². The van der Waals surface area contributed by atoms with Crippen molar-refractivity contribution in [3.05, 3.63) is 11.1 Å². The average Bonchev–Trinajstić information content (AvgIpc) is 2.99. The van der Waals surface area contributed by atoms with Crippen LogP contribution in [-0.4, -0.2) is 50.8 Å². The number of hydrogen-bond acceptors (Lipinski definition) is 6. The monoisotopic (exact) mass is 516 g/mol. The van der Waals surface area contributed by atoms with Gasteiger partial charge in [-0.25, -0.2) is 0 Å². The zero-order valence-electron chi connectivity index (χ0n) is 23.4. The van der Waals surface area contributed by atoms with Crippen molar-refractivity contribution in [3.8, 4) is 0 Å². The van der Waals surface area contributed by atoms with Crippen molar-refractivity contribution in [3.63, 3.8) is 0 Å². The number of carboxylic acids is 1. The second-order valence-electron chi connectivity index (χ2n) is 14.0. The van der Waals surface area contributed by atoms with Crippen LogP contribution in [0.15, 0.2) is 11.1 Å². The molecule has 1 unspecified atom stereocenters. The Morgan fingerprint density at radius 1 is 0.946 bits per heavy atom. The number of ketones is 3. The van der Waals surface area contributed by atoms with Crippen LogP contribution >= 0.6 is 0 Å². The number of aliphatic hydroxyl groups is 2. The van der Waals surface area contributed by atoms with Crippen molar-refractivity contribution in [1.29, 1.82) is 0 Å². The van der Waals surface area contributed by atoms with Crippen LogP contribution in [0.3, 0.4) is 0 Å². The lowest BCUT2D eigenvalue weighted by atomic mass is 9.42. The molecule has 4 aliphatic rings. The molecule has 0 aromatic rings. The molecule has 0 amide bonds. The number of hydrogen-bond donors (Lipinski definition) is 3. The Balaban J connectivity index is 1.74. The largest absolute Gasteiger partial charge is 0.481 e. The Labute approximate surface area is 220 Å². The summed E-state index contributed by atoms with van der Waals surface area (Å²) in [6.07, 6.45) is 0.787. The maximum Gasteiger partial charge on any atom is 0.306 e. The van der Waals surface area contributed by atoms with Gasteiger partial charge >= 0.3 is 5.97 Å². The summed E-state index contributed by atoms with van der Waals surface area (Å²) < 4.78 is 0. The third-order valence-electron chi connectivity index (χ3n) is 11.6. The van der Waals surface area contributed by atoms with Crippen LogP contribution in [0.1, 0.15) is 93.4 Å². The predicted octanol–water partition coefficient (Wildman–Crippen LogP) is 4.13. The summed E-state index contributed by atoms with van der Waals surface area (Å²) in [5.41, 5.74) is -1.61. The molecule has 0 aromatic carbocycles. The number of carbonyl (C=O) groups is 4. The van der Waals surface area contributed by atoms with Crippen LogP contribution in [0.4, 0.5) is 0 Å². The van der Waals surface area contributed by atoms with Crippen LogP contribution in [0.25, 0.3) is 0 Å². The van der Waals surface area contributed by atoms with Crippen LogP contribution in [0, 0.1) is 45.3 Å². The zero-order valence-corrected chi connectivity index (χ0v) is 23.4. The Kier molecular flexibility index (Phi) is 6.72. The van der Waals surface area contributed by atoms with E-state index in [9.17, 15) is 34.5 Å². The maximum atomic E-state index is 14.0. The fraction of sp³-hybridized carbons (Fsp3) is 0.800. The minimum absolute atomic E-state index is 0.0418. The molecular weight excluding hydrogens is 472 g/mol.